The zero-order chi connectivity index (χ0) is 23.4. The first-order valence-electron chi connectivity index (χ1n) is 10.6. The molecule has 1 amide bonds. The van der Waals surface area contributed by atoms with E-state index >= 15 is 0 Å². The van der Waals surface area contributed by atoms with Gasteiger partial charge < -0.3 is 14.4 Å². The maximum atomic E-state index is 13.2. The molecule has 174 valence electrons. The Morgan fingerprint density at radius 1 is 1.12 bits per heavy atom. The maximum Gasteiger partial charge on any atom is 0.261 e. The molecule has 0 radical (unpaired) electrons. The summed E-state index contributed by atoms with van der Waals surface area (Å²) < 4.78 is 39.0. The molecule has 33 heavy (non-hydrogen) atoms. The number of amides is 1. The Kier molecular flexibility index (Phi) is 7.02. The first-order chi connectivity index (χ1) is 15.9. The molecule has 7 nitrogen and oxygen atoms in total. The Hall–Kier alpha value is -2.88. The molecule has 0 aliphatic carbocycles. The van der Waals surface area contributed by atoms with Crippen LogP contribution in [0.4, 0.5) is 5.69 Å². The van der Waals surface area contributed by atoms with E-state index in [0.29, 0.717) is 48.9 Å². The number of fused-ring (bicyclic) bond motifs is 1. The summed E-state index contributed by atoms with van der Waals surface area (Å²) in [6.45, 7) is 3.82. The number of hydrogen-bond donors (Lipinski definition) is 1. The lowest BCUT2D eigenvalue weighted by atomic mass is 10.0. The van der Waals surface area contributed by atoms with E-state index in [2.05, 4.69) is 16.2 Å². The molecule has 0 atom stereocenters. The van der Waals surface area contributed by atoms with Gasteiger partial charge in [-0.15, -0.1) is 11.3 Å². The van der Waals surface area contributed by atoms with Crippen molar-refractivity contribution in [3.05, 3.63) is 75.5 Å². The Balaban J connectivity index is 1.50. The lowest BCUT2D eigenvalue weighted by molar-refractivity contribution is 0.0735. The minimum atomic E-state index is -3.83. The largest absolute Gasteiger partial charge is 0.491 e. The van der Waals surface area contributed by atoms with Gasteiger partial charge in [0, 0.05) is 30.6 Å². The predicted octanol–water partition coefficient (Wildman–Crippen LogP) is 4.08. The number of benzene rings is 2. The Morgan fingerprint density at radius 3 is 2.67 bits per heavy atom. The molecule has 3 aromatic rings. The van der Waals surface area contributed by atoms with E-state index in [-0.39, 0.29) is 10.8 Å². The molecule has 1 aliphatic heterocycles. The van der Waals surface area contributed by atoms with Gasteiger partial charge in [-0.1, -0.05) is 6.07 Å². The van der Waals surface area contributed by atoms with Gasteiger partial charge in [-0.2, -0.15) is 0 Å². The third-order valence-electron chi connectivity index (χ3n) is 5.59. The highest BCUT2D eigenvalue weighted by atomic mass is 32.2. The third-order valence-corrected chi connectivity index (χ3v) is 8.00. The zero-order valence-electron chi connectivity index (χ0n) is 18.5. The van der Waals surface area contributed by atoms with E-state index in [1.807, 2.05) is 4.90 Å². The van der Waals surface area contributed by atoms with Crippen LogP contribution in [0.1, 0.15) is 26.4 Å². The summed E-state index contributed by atoms with van der Waals surface area (Å²) in [7, 11) is -2.25. The van der Waals surface area contributed by atoms with E-state index in [0.717, 1.165) is 6.42 Å². The van der Waals surface area contributed by atoms with Crippen LogP contribution < -0.4 is 9.46 Å². The summed E-state index contributed by atoms with van der Waals surface area (Å²) in [6, 6.07) is 13.3. The van der Waals surface area contributed by atoms with Gasteiger partial charge in [-0.3, -0.25) is 9.52 Å². The van der Waals surface area contributed by atoms with Crippen molar-refractivity contribution in [2.45, 2.75) is 24.8 Å². The molecule has 0 saturated heterocycles. The molecule has 4 rings (SSSR count). The highest BCUT2D eigenvalue weighted by Gasteiger charge is 2.25. The van der Waals surface area contributed by atoms with E-state index in [4.69, 9.17) is 9.47 Å². The Morgan fingerprint density at radius 2 is 1.91 bits per heavy atom. The summed E-state index contributed by atoms with van der Waals surface area (Å²) in [5.74, 6) is 0.466. The molecule has 0 unspecified atom stereocenters. The van der Waals surface area contributed by atoms with Crippen molar-refractivity contribution in [3.63, 3.8) is 0 Å². The van der Waals surface area contributed by atoms with E-state index in [9.17, 15) is 13.2 Å². The average Bonchev–Trinajstić information content (AvgIpc) is 3.28. The van der Waals surface area contributed by atoms with Crippen LogP contribution in [0, 0.1) is 6.92 Å². The molecule has 0 bridgehead atoms. The average molecular weight is 487 g/mol. The van der Waals surface area contributed by atoms with Gasteiger partial charge in [0.15, 0.2) is 0 Å². The number of carbonyl (C=O) groups is 1. The molecule has 0 fully saturated rings. The van der Waals surface area contributed by atoms with Crippen LogP contribution in [0.3, 0.4) is 0 Å². The summed E-state index contributed by atoms with van der Waals surface area (Å²) in [5.41, 5.74) is 2.66. The molecule has 0 saturated carbocycles. The van der Waals surface area contributed by atoms with E-state index in [1.165, 1.54) is 22.6 Å². The van der Waals surface area contributed by atoms with Crippen molar-refractivity contribution >= 4 is 33.0 Å². The number of hydrogen-bond acceptors (Lipinski definition) is 6. The molecule has 0 spiro atoms. The van der Waals surface area contributed by atoms with E-state index in [1.54, 1.807) is 55.7 Å². The van der Waals surface area contributed by atoms with Crippen molar-refractivity contribution in [1.29, 1.82) is 0 Å². The van der Waals surface area contributed by atoms with Crippen LogP contribution in [0.2, 0.25) is 0 Å². The first-order valence-corrected chi connectivity index (χ1v) is 12.9. The Bertz CT molecular complexity index is 1240. The fourth-order valence-electron chi connectivity index (χ4n) is 3.73. The molecule has 1 aromatic heterocycles. The van der Waals surface area contributed by atoms with Gasteiger partial charge in [-0.25, -0.2) is 8.42 Å². The second-order valence-electron chi connectivity index (χ2n) is 7.74. The summed E-state index contributed by atoms with van der Waals surface area (Å²) in [6.07, 6.45) is 0.843. The smallest absolute Gasteiger partial charge is 0.261 e. The first kappa shape index (κ1) is 23.3. The number of anilines is 1. The number of ether oxygens (including phenoxy) is 2. The quantitative estimate of drug-likeness (QED) is 0.485. The number of rotatable bonds is 8. The van der Waals surface area contributed by atoms with Gasteiger partial charge in [0.05, 0.1) is 17.2 Å². The maximum absolute atomic E-state index is 13.2. The van der Waals surface area contributed by atoms with Crippen molar-refractivity contribution in [3.8, 4) is 5.75 Å². The third kappa shape index (κ3) is 5.21. The van der Waals surface area contributed by atoms with Crippen molar-refractivity contribution in [1.82, 2.24) is 4.90 Å². The normalized spacial score (nSPS) is 13.5. The van der Waals surface area contributed by atoms with Crippen LogP contribution in [0.25, 0.3) is 0 Å². The summed E-state index contributed by atoms with van der Waals surface area (Å²) >= 11 is 1.72. The number of carbonyl (C=O) groups excluding carboxylic acids is 1. The fraction of sp³-hybridized carbons (Fsp3) is 0.292. The monoisotopic (exact) mass is 486 g/mol. The van der Waals surface area contributed by atoms with Gasteiger partial charge in [0.1, 0.15) is 12.4 Å². The molecular formula is C24H26N2O5S2. The van der Waals surface area contributed by atoms with Gasteiger partial charge in [0.25, 0.3) is 15.9 Å². The SMILES string of the molecule is COCCOc1ccc(S(=O)(=O)Nc2cccc(C(=O)N3CCc4sccc4C3)c2C)cc1. The number of methoxy groups -OCH3 is 1. The van der Waals surface area contributed by atoms with Crippen molar-refractivity contribution < 1.29 is 22.7 Å². The molecular weight excluding hydrogens is 460 g/mol. The highest BCUT2D eigenvalue weighted by Crippen LogP contribution is 2.28. The highest BCUT2D eigenvalue weighted by molar-refractivity contribution is 7.92. The summed E-state index contributed by atoms with van der Waals surface area (Å²) in [5, 5.41) is 2.05. The second-order valence-corrected chi connectivity index (χ2v) is 10.4. The number of nitrogens with zero attached hydrogens (tertiary/aromatic N) is 1. The van der Waals surface area contributed by atoms with Crippen LogP contribution in [0.5, 0.6) is 5.75 Å². The zero-order valence-corrected chi connectivity index (χ0v) is 20.2. The van der Waals surface area contributed by atoms with Crippen LogP contribution in [-0.4, -0.2) is 46.1 Å². The molecule has 2 aromatic carbocycles. The van der Waals surface area contributed by atoms with Crippen molar-refractivity contribution in [2.75, 3.05) is 31.6 Å². The van der Waals surface area contributed by atoms with E-state index < -0.39 is 10.0 Å². The standard InChI is InChI=1S/C24H26N2O5S2/c1-17-21(24(27)26-12-10-23-18(16-26)11-15-32-23)4-3-5-22(17)25-33(28,29)20-8-6-19(7-9-20)31-14-13-30-2/h3-9,11,15,25H,10,12-14,16H2,1-2H3. The second kappa shape index (κ2) is 9.94. The van der Waals surface area contributed by atoms with Crippen molar-refractivity contribution in [2.24, 2.45) is 0 Å². The van der Waals surface area contributed by atoms with Crippen LogP contribution in [0.15, 0.2) is 58.8 Å². The number of sulfonamides is 1. The number of nitrogens with one attached hydrogen (secondary N) is 1. The molecule has 1 aliphatic rings. The van der Waals surface area contributed by atoms with Gasteiger partial charge in [0.2, 0.25) is 0 Å². The minimum Gasteiger partial charge on any atom is -0.491 e. The van der Waals surface area contributed by atoms with Gasteiger partial charge >= 0.3 is 0 Å². The minimum absolute atomic E-state index is 0.0945. The molecule has 2 heterocycles. The Labute approximate surface area is 198 Å². The summed E-state index contributed by atoms with van der Waals surface area (Å²) in [4.78, 5) is 16.5. The fourth-order valence-corrected chi connectivity index (χ4v) is 5.74. The predicted molar refractivity (Wildman–Crippen MR) is 129 cm³/mol. The van der Waals surface area contributed by atoms with Gasteiger partial charge in [-0.05, 0) is 72.3 Å². The lowest BCUT2D eigenvalue weighted by Crippen LogP contribution is -2.35. The lowest BCUT2D eigenvalue weighted by Gasteiger charge is -2.28. The molecule has 1 N–H and O–H groups in total. The van der Waals surface area contributed by atoms with Crippen LogP contribution in [-0.2, 0) is 27.7 Å². The topological polar surface area (TPSA) is 84.9 Å². The molecule has 9 heteroatoms. The number of thiophene rings is 1. The van der Waals surface area contributed by atoms with Crippen LogP contribution >= 0.6 is 11.3 Å².